The van der Waals surface area contributed by atoms with Crippen LogP contribution in [-0.2, 0) is 23.7 Å². The highest BCUT2D eigenvalue weighted by atomic mass is 16.7. The highest BCUT2D eigenvalue weighted by Crippen LogP contribution is 2.31. The summed E-state index contributed by atoms with van der Waals surface area (Å²) in [7, 11) is 0. The molecule has 9 N–H and O–H groups in total. The van der Waals surface area contributed by atoms with Crippen LogP contribution in [0.1, 0.15) is 418 Å². The molecule has 0 spiro atoms. The van der Waals surface area contributed by atoms with Crippen molar-refractivity contribution >= 4 is 5.91 Å². The van der Waals surface area contributed by atoms with E-state index in [-0.39, 0.29) is 12.5 Å². The predicted molar refractivity (Wildman–Crippen MR) is 393 cm³/mol. The Labute approximate surface area is 584 Å². The molecule has 0 aromatic heterocycles. The minimum absolute atomic E-state index is 0.195. The Morgan fingerprint density at radius 1 is 0.337 bits per heavy atom. The standard InChI is InChI=1S/C81H159NO13/c1-3-5-7-9-11-13-15-17-19-21-23-25-27-28-29-30-31-32-33-34-35-36-37-38-39-40-41-42-43-45-47-49-51-53-55-57-59-61-63-65-73(86)82-69(68-92-80-78(91)76(89)79(72(67-84)94-80)95-81-77(90)75(88)74(87)71(66-83)93-81)70(85)64-62-60-58-56-54-52-50-48-46-44-26-24-22-20-18-16-14-12-10-8-6-4-2/h69-72,74-81,83-85,87-91H,3-68H2,1-2H3,(H,82,86). The molecule has 2 heterocycles. The van der Waals surface area contributed by atoms with Crippen molar-refractivity contribution in [1.29, 1.82) is 0 Å². The van der Waals surface area contributed by atoms with E-state index in [2.05, 4.69) is 19.2 Å². The van der Waals surface area contributed by atoms with Gasteiger partial charge in [-0.05, 0) is 12.8 Å². The minimum atomic E-state index is -1.78. The molecule has 0 radical (unpaired) electrons. The van der Waals surface area contributed by atoms with E-state index >= 15 is 0 Å². The summed E-state index contributed by atoms with van der Waals surface area (Å²) in [5.41, 5.74) is 0. The van der Waals surface area contributed by atoms with Gasteiger partial charge in [-0.2, -0.15) is 0 Å². The molecule has 12 unspecified atom stereocenters. The predicted octanol–water partition coefficient (Wildman–Crippen LogP) is 19.1. The topological polar surface area (TPSA) is 228 Å². The molecule has 2 aliphatic rings. The number of rotatable bonds is 72. The van der Waals surface area contributed by atoms with Gasteiger partial charge in [0.25, 0.3) is 0 Å². The molecule has 95 heavy (non-hydrogen) atoms. The van der Waals surface area contributed by atoms with Gasteiger partial charge in [0.2, 0.25) is 5.91 Å². The fourth-order valence-electron chi connectivity index (χ4n) is 14.5. The maximum atomic E-state index is 13.4. The maximum Gasteiger partial charge on any atom is 0.220 e. The zero-order valence-electron chi connectivity index (χ0n) is 62.2. The first kappa shape index (κ1) is 90.1. The number of unbranched alkanes of at least 4 members (excludes halogenated alkanes) is 59. The van der Waals surface area contributed by atoms with E-state index in [1.807, 2.05) is 0 Å². The molecular weight excluding hydrogens is 1190 g/mol. The van der Waals surface area contributed by atoms with Crippen LogP contribution in [0.3, 0.4) is 0 Å². The Morgan fingerprint density at radius 3 is 0.895 bits per heavy atom. The summed E-state index contributed by atoms with van der Waals surface area (Å²) in [6.45, 7) is 2.95. The normalized spacial score (nSPS) is 22.2. The van der Waals surface area contributed by atoms with Crippen LogP contribution in [0.5, 0.6) is 0 Å². The fourth-order valence-corrected chi connectivity index (χ4v) is 14.5. The second-order valence-electron chi connectivity index (χ2n) is 30.0. The van der Waals surface area contributed by atoms with Crippen molar-refractivity contribution in [2.45, 2.75) is 492 Å². The molecule has 14 heteroatoms. The van der Waals surface area contributed by atoms with Gasteiger partial charge < -0.3 is 65.1 Å². The summed E-state index contributed by atoms with van der Waals surface area (Å²) in [5.74, 6) is -0.195. The van der Waals surface area contributed by atoms with Crippen LogP contribution in [0.15, 0.2) is 0 Å². The number of carbonyl (C=O) groups excluding carboxylic acids is 1. The lowest BCUT2D eigenvalue weighted by atomic mass is 9.97. The van der Waals surface area contributed by atoms with E-state index in [0.717, 1.165) is 51.4 Å². The van der Waals surface area contributed by atoms with Crippen LogP contribution < -0.4 is 5.32 Å². The van der Waals surface area contributed by atoms with Gasteiger partial charge in [-0.1, -0.05) is 399 Å². The van der Waals surface area contributed by atoms with E-state index in [1.165, 1.54) is 340 Å². The van der Waals surface area contributed by atoms with Crippen molar-refractivity contribution in [3.63, 3.8) is 0 Å². The van der Waals surface area contributed by atoms with Crippen LogP contribution in [0.2, 0.25) is 0 Å². The van der Waals surface area contributed by atoms with Crippen LogP contribution in [0, 0.1) is 0 Å². The van der Waals surface area contributed by atoms with Gasteiger partial charge in [0.05, 0.1) is 32.0 Å². The molecule has 566 valence electrons. The quantitative estimate of drug-likeness (QED) is 0.0259. The van der Waals surface area contributed by atoms with Gasteiger partial charge >= 0.3 is 0 Å². The third-order valence-corrected chi connectivity index (χ3v) is 21.1. The van der Waals surface area contributed by atoms with Gasteiger partial charge in [0.15, 0.2) is 12.6 Å². The van der Waals surface area contributed by atoms with Gasteiger partial charge in [-0.25, -0.2) is 0 Å². The summed E-state index contributed by atoms with van der Waals surface area (Å²) in [6, 6.07) is -0.825. The second-order valence-corrected chi connectivity index (χ2v) is 30.0. The highest BCUT2D eigenvalue weighted by Gasteiger charge is 2.51. The Morgan fingerprint density at radius 2 is 0.600 bits per heavy atom. The third kappa shape index (κ3) is 49.3. The monoisotopic (exact) mass is 1350 g/mol. The second kappa shape index (κ2) is 66.2. The van der Waals surface area contributed by atoms with E-state index < -0.39 is 86.8 Å². The fraction of sp³-hybridized carbons (Fsp3) is 0.988. The van der Waals surface area contributed by atoms with Crippen molar-refractivity contribution in [2.75, 3.05) is 19.8 Å². The van der Waals surface area contributed by atoms with Gasteiger partial charge in [-0.3, -0.25) is 4.79 Å². The first-order chi connectivity index (χ1) is 46.6. The Bertz CT molecular complexity index is 1600. The number of hydrogen-bond donors (Lipinski definition) is 9. The number of aliphatic hydroxyl groups excluding tert-OH is 8. The Kier molecular flexibility index (Phi) is 62.8. The van der Waals surface area contributed by atoms with Crippen molar-refractivity contribution < 1.29 is 64.6 Å². The summed E-state index contributed by atoms with van der Waals surface area (Å²) in [5, 5.41) is 87.8. The summed E-state index contributed by atoms with van der Waals surface area (Å²) in [4.78, 5) is 13.4. The summed E-state index contributed by atoms with van der Waals surface area (Å²) < 4.78 is 23.0. The first-order valence-corrected chi connectivity index (χ1v) is 41.8. The van der Waals surface area contributed by atoms with E-state index in [1.54, 1.807) is 0 Å². The van der Waals surface area contributed by atoms with Crippen molar-refractivity contribution in [3.05, 3.63) is 0 Å². The number of aliphatic hydroxyl groups is 8. The van der Waals surface area contributed by atoms with E-state index in [9.17, 15) is 45.6 Å². The summed E-state index contributed by atoms with van der Waals surface area (Å²) in [6.07, 6.45) is 66.0. The first-order valence-electron chi connectivity index (χ1n) is 41.8. The number of hydrogen-bond acceptors (Lipinski definition) is 13. The third-order valence-electron chi connectivity index (χ3n) is 21.1. The number of nitrogens with one attached hydrogen (secondary N) is 1. The Balaban J connectivity index is 1.54. The lowest BCUT2D eigenvalue weighted by Crippen LogP contribution is -2.65. The number of carbonyl (C=O) groups is 1. The Hall–Kier alpha value is -1.01. The van der Waals surface area contributed by atoms with Crippen LogP contribution >= 0.6 is 0 Å². The maximum absolute atomic E-state index is 13.4. The molecule has 2 rings (SSSR count). The van der Waals surface area contributed by atoms with Crippen molar-refractivity contribution in [2.24, 2.45) is 0 Å². The molecule has 0 aromatic rings. The van der Waals surface area contributed by atoms with Gasteiger partial charge in [-0.15, -0.1) is 0 Å². The molecule has 1 amide bonds. The van der Waals surface area contributed by atoms with Gasteiger partial charge in [0, 0.05) is 6.42 Å². The van der Waals surface area contributed by atoms with E-state index in [0.29, 0.717) is 12.8 Å². The van der Waals surface area contributed by atoms with E-state index in [4.69, 9.17) is 18.9 Å². The molecule has 2 saturated heterocycles. The lowest BCUT2D eigenvalue weighted by Gasteiger charge is -2.46. The van der Waals surface area contributed by atoms with Crippen molar-refractivity contribution in [1.82, 2.24) is 5.32 Å². The molecular formula is C81H159NO13. The molecule has 0 aromatic carbocycles. The molecule has 0 bridgehead atoms. The molecule has 0 saturated carbocycles. The molecule has 0 aliphatic carbocycles. The molecule has 2 fully saturated rings. The van der Waals surface area contributed by atoms with Crippen molar-refractivity contribution in [3.8, 4) is 0 Å². The SMILES string of the molecule is CCCCCCCCCCCCCCCCCCCCCCCCCCCCCCCCCCCCCCCCCC(=O)NC(COC1OC(CO)C(OC2OC(CO)C(O)C(O)C2O)C(O)C1O)C(O)CCCCCCCCCCCCCCCCCCCCCCCC. The zero-order chi connectivity index (χ0) is 68.7. The highest BCUT2D eigenvalue weighted by molar-refractivity contribution is 5.76. The molecule has 2 aliphatic heterocycles. The van der Waals surface area contributed by atoms with Crippen LogP contribution in [0.25, 0.3) is 0 Å². The summed E-state index contributed by atoms with van der Waals surface area (Å²) >= 11 is 0. The average molecular weight is 1360 g/mol. The minimum Gasteiger partial charge on any atom is -0.394 e. The van der Waals surface area contributed by atoms with Crippen LogP contribution in [0.4, 0.5) is 0 Å². The molecule has 14 nitrogen and oxygen atoms in total. The lowest BCUT2D eigenvalue weighted by molar-refractivity contribution is -0.359. The number of amides is 1. The van der Waals surface area contributed by atoms with Crippen LogP contribution in [-0.4, -0.2) is 140 Å². The number of ether oxygens (including phenoxy) is 4. The van der Waals surface area contributed by atoms with Gasteiger partial charge in [0.1, 0.15) is 48.8 Å². The largest absolute Gasteiger partial charge is 0.394 e. The average Bonchev–Trinajstić information content (AvgIpc) is 0.801. The zero-order valence-corrected chi connectivity index (χ0v) is 62.2. The molecule has 12 atom stereocenters. The smallest absolute Gasteiger partial charge is 0.220 e.